The maximum Gasteiger partial charge on any atom is 0.253 e. The molecule has 1 aliphatic heterocycles. The lowest BCUT2D eigenvalue weighted by atomic mass is 9.89. The van der Waals surface area contributed by atoms with Gasteiger partial charge in [0.1, 0.15) is 6.10 Å². The number of aromatic nitrogens is 2. The molecule has 1 aromatic heterocycles. The first-order valence-electron chi connectivity index (χ1n) is 10.9. The number of benzene rings is 1. The molecule has 1 N–H and O–H groups in total. The molecule has 1 atom stereocenters. The predicted molar refractivity (Wildman–Crippen MR) is 112 cm³/mol. The molecule has 156 valence electrons. The molecule has 1 aromatic carbocycles. The lowest BCUT2D eigenvalue weighted by Crippen LogP contribution is -2.51. The van der Waals surface area contributed by atoms with Crippen molar-refractivity contribution in [3.63, 3.8) is 0 Å². The number of hydrogen-bond donors (Lipinski definition) is 1. The number of imidazole rings is 1. The summed E-state index contributed by atoms with van der Waals surface area (Å²) in [7, 11) is 0. The normalized spacial score (nSPS) is 21.2. The standard InChI is InChI=1S/C23H32N4O2/c28-23(22-17-26(11-12-29-22)14-19-7-3-1-4-8-19)27(16-21-13-24-18-25-21)15-20-9-5-2-6-10-20/h1,3-4,7-8,13,18,20,22H,2,5-6,9-12,14-17H2,(H,24,25). The summed E-state index contributed by atoms with van der Waals surface area (Å²) >= 11 is 0. The van der Waals surface area contributed by atoms with Crippen molar-refractivity contribution < 1.29 is 9.53 Å². The van der Waals surface area contributed by atoms with Gasteiger partial charge in [0.05, 0.1) is 25.2 Å². The van der Waals surface area contributed by atoms with Crippen molar-refractivity contribution in [2.45, 2.75) is 51.3 Å². The van der Waals surface area contributed by atoms with Gasteiger partial charge in [-0.05, 0) is 24.3 Å². The molecule has 6 nitrogen and oxygen atoms in total. The van der Waals surface area contributed by atoms with Crippen LogP contribution in [0.5, 0.6) is 0 Å². The Bertz CT molecular complexity index is 744. The molecular weight excluding hydrogens is 364 g/mol. The number of rotatable bonds is 7. The van der Waals surface area contributed by atoms with Crippen molar-refractivity contribution in [3.05, 3.63) is 54.1 Å². The Morgan fingerprint density at radius 1 is 1.21 bits per heavy atom. The Kier molecular flexibility index (Phi) is 6.96. The molecule has 1 saturated carbocycles. The molecule has 1 aliphatic carbocycles. The number of hydrogen-bond acceptors (Lipinski definition) is 4. The van der Waals surface area contributed by atoms with E-state index in [2.05, 4.69) is 39.1 Å². The van der Waals surface area contributed by atoms with E-state index in [9.17, 15) is 4.79 Å². The summed E-state index contributed by atoms with van der Waals surface area (Å²) in [5.41, 5.74) is 2.25. The zero-order chi connectivity index (χ0) is 19.9. The number of aromatic amines is 1. The Morgan fingerprint density at radius 2 is 2.03 bits per heavy atom. The SMILES string of the molecule is O=C(C1CN(Cc2ccccc2)CCO1)N(Cc1cnc[nH]1)CC1CCCCC1. The highest BCUT2D eigenvalue weighted by Crippen LogP contribution is 2.25. The van der Waals surface area contributed by atoms with Gasteiger partial charge in [0.25, 0.3) is 5.91 Å². The number of ether oxygens (including phenoxy) is 1. The fraction of sp³-hybridized carbons (Fsp3) is 0.565. The fourth-order valence-corrected chi connectivity index (χ4v) is 4.53. The summed E-state index contributed by atoms with van der Waals surface area (Å²) in [6.45, 7) is 4.37. The molecule has 2 aliphatic rings. The minimum Gasteiger partial charge on any atom is -0.366 e. The maximum absolute atomic E-state index is 13.4. The molecule has 6 heteroatoms. The minimum atomic E-state index is -0.390. The van der Waals surface area contributed by atoms with Crippen LogP contribution in [-0.4, -0.2) is 58.0 Å². The van der Waals surface area contributed by atoms with Crippen molar-refractivity contribution in [1.29, 1.82) is 0 Å². The second-order valence-corrected chi connectivity index (χ2v) is 8.38. The monoisotopic (exact) mass is 396 g/mol. The Balaban J connectivity index is 1.40. The van der Waals surface area contributed by atoms with E-state index in [4.69, 9.17) is 4.74 Å². The predicted octanol–water partition coefficient (Wildman–Crippen LogP) is 3.22. The molecule has 2 heterocycles. The van der Waals surface area contributed by atoms with Gasteiger partial charge in [-0.2, -0.15) is 0 Å². The summed E-state index contributed by atoms with van der Waals surface area (Å²) in [6, 6.07) is 10.4. The number of amides is 1. The van der Waals surface area contributed by atoms with E-state index in [1.54, 1.807) is 6.33 Å². The average Bonchev–Trinajstić information content (AvgIpc) is 3.28. The Labute approximate surface area is 173 Å². The summed E-state index contributed by atoms with van der Waals surface area (Å²) < 4.78 is 5.94. The molecular formula is C23H32N4O2. The van der Waals surface area contributed by atoms with Crippen LogP contribution in [0.3, 0.4) is 0 Å². The molecule has 0 radical (unpaired) electrons. The van der Waals surface area contributed by atoms with Gasteiger partial charge < -0.3 is 14.6 Å². The van der Waals surface area contributed by atoms with Crippen molar-refractivity contribution in [2.24, 2.45) is 5.92 Å². The highest BCUT2D eigenvalue weighted by atomic mass is 16.5. The first-order valence-corrected chi connectivity index (χ1v) is 10.9. The largest absolute Gasteiger partial charge is 0.366 e. The van der Waals surface area contributed by atoms with Crippen LogP contribution in [0.2, 0.25) is 0 Å². The smallest absolute Gasteiger partial charge is 0.253 e. The van der Waals surface area contributed by atoms with Crippen molar-refractivity contribution in [3.8, 4) is 0 Å². The second-order valence-electron chi connectivity index (χ2n) is 8.38. The van der Waals surface area contributed by atoms with Crippen LogP contribution in [0.4, 0.5) is 0 Å². The van der Waals surface area contributed by atoms with Gasteiger partial charge in [-0.3, -0.25) is 9.69 Å². The number of carbonyl (C=O) groups excluding carboxylic acids is 1. The molecule has 1 unspecified atom stereocenters. The van der Waals surface area contributed by atoms with E-state index in [-0.39, 0.29) is 12.0 Å². The zero-order valence-electron chi connectivity index (χ0n) is 17.1. The summed E-state index contributed by atoms with van der Waals surface area (Å²) in [5.74, 6) is 0.711. The van der Waals surface area contributed by atoms with E-state index in [1.165, 1.54) is 37.7 Å². The van der Waals surface area contributed by atoms with Crippen molar-refractivity contribution in [2.75, 3.05) is 26.2 Å². The van der Waals surface area contributed by atoms with E-state index in [1.807, 2.05) is 17.2 Å². The molecule has 4 rings (SSSR count). The Hall–Kier alpha value is -2.18. The topological polar surface area (TPSA) is 61.5 Å². The molecule has 2 fully saturated rings. The number of nitrogens with zero attached hydrogens (tertiary/aromatic N) is 3. The average molecular weight is 397 g/mol. The highest BCUT2D eigenvalue weighted by molar-refractivity contribution is 5.81. The number of H-pyrrole nitrogens is 1. The van der Waals surface area contributed by atoms with Gasteiger partial charge in [-0.1, -0.05) is 49.6 Å². The van der Waals surface area contributed by atoms with Gasteiger partial charge in [-0.25, -0.2) is 4.98 Å². The van der Waals surface area contributed by atoms with E-state index in [0.29, 0.717) is 25.6 Å². The van der Waals surface area contributed by atoms with Crippen LogP contribution < -0.4 is 0 Å². The second kappa shape index (κ2) is 10.0. The molecule has 2 aromatic rings. The van der Waals surface area contributed by atoms with Crippen LogP contribution in [-0.2, 0) is 22.6 Å². The number of carbonyl (C=O) groups is 1. The molecule has 1 amide bonds. The van der Waals surface area contributed by atoms with Crippen molar-refractivity contribution in [1.82, 2.24) is 19.8 Å². The number of morpholine rings is 1. The van der Waals surface area contributed by atoms with E-state index in [0.717, 1.165) is 25.3 Å². The summed E-state index contributed by atoms with van der Waals surface area (Å²) in [4.78, 5) is 25.0. The summed E-state index contributed by atoms with van der Waals surface area (Å²) in [6.07, 6.45) is 9.42. The summed E-state index contributed by atoms with van der Waals surface area (Å²) in [5, 5.41) is 0. The van der Waals surface area contributed by atoms with E-state index < -0.39 is 0 Å². The van der Waals surface area contributed by atoms with Crippen LogP contribution >= 0.6 is 0 Å². The number of nitrogens with one attached hydrogen (secondary N) is 1. The quantitative estimate of drug-likeness (QED) is 0.781. The van der Waals surface area contributed by atoms with Crippen LogP contribution in [0.25, 0.3) is 0 Å². The Morgan fingerprint density at radius 3 is 2.79 bits per heavy atom. The first-order chi connectivity index (χ1) is 14.3. The lowest BCUT2D eigenvalue weighted by Gasteiger charge is -2.36. The molecule has 0 spiro atoms. The third-order valence-corrected chi connectivity index (χ3v) is 6.11. The molecule has 0 bridgehead atoms. The third-order valence-electron chi connectivity index (χ3n) is 6.11. The van der Waals surface area contributed by atoms with Gasteiger partial charge in [0.15, 0.2) is 0 Å². The third kappa shape index (κ3) is 5.67. The minimum absolute atomic E-state index is 0.114. The van der Waals surface area contributed by atoms with Crippen molar-refractivity contribution >= 4 is 5.91 Å². The van der Waals surface area contributed by atoms with Crippen LogP contribution in [0.15, 0.2) is 42.9 Å². The van der Waals surface area contributed by atoms with Crippen LogP contribution in [0, 0.1) is 5.92 Å². The lowest BCUT2D eigenvalue weighted by molar-refractivity contribution is -0.151. The molecule has 29 heavy (non-hydrogen) atoms. The fourth-order valence-electron chi connectivity index (χ4n) is 4.53. The van der Waals surface area contributed by atoms with E-state index >= 15 is 0 Å². The van der Waals surface area contributed by atoms with Gasteiger partial charge in [-0.15, -0.1) is 0 Å². The van der Waals surface area contributed by atoms with Gasteiger partial charge in [0.2, 0.25) is 0 Å². The van der Waals surface area contributed by atoms with Gasteiger partial charge in [0, 0.05) is 32.4 Å². The maximum atomic E-state index is 13.4. The van der Waals surface area contributed by atoms with Gasteiger partial charge >= 0.3 is 0 Å². The first kappa shape index (κ1) is 20.1. The van der Waals surface area contributed by atoms with Crippen LogP contribution in [0.1, 0.15) is 43.4 Å². The highest BCUT2D eigenvalue weighted by Gasteiger charge is 2.32. The molecule has 1 saturated heterocycles. The zero-order valence-corrected chi connectivity index (χ0v) is 17.1.